The highest BCUT2D eigenvalue weighted by atomic mass is 19.3. The van der Waals surface area contributed by atoms with Gasteiger partial charge in [0.05, 0.1) is 6.54 Å². The monoisotopic (exact) mass is 343 g/mol. The number of alkyl halides is 2. The molecule has 0 bridgehead atoms. The van der Waals surface area contributed by atoms with Crippen LogP contribution in [-0.2, 0) is 11.3 Å². The maximum atomic E-state index is 12.8. The topological polar surface area (TPSA) is 63.5 Å². The van der Waals surface area contributed by atoms with Gasteiger partial charge in [-0.25, -0.2) is 4.98 Å². The lowest BCUT2D eigenvalue weighted by molar-refractivity contribution is 0.0668. The summed E-state index contributed by atoms with van der Waals surface area (Å²) in [6.45, 7) is -0.837. The van der Waals surface area contributed by atoms with Gasteiger partial charge in [-0.1, -0.05) is 12.8 Å². The van der Waals surface area contributed by atoms with Crippen LogP contribution < -0.4 is 10.6 Å². The molecular formula is C16H27F2N5O. The van der Waals surface area contributed by atoms with Crippen molar-refractivity contribution in [2.45, 2.75) is 45.2 Å². The first-order valence-electron chi connectivity index (χ1n) is 8.33. The molecule has 6 nitrogen and oxygen atoms in total. The van der Waals surface area contributed by atoms with Crippen LogP contribution in [0.5, 0.6) is 0 Å². The number of guanidine groups is 1. The van der Waals surface area contributed by atoms with Crippen LogP contribution in [0.1, 0.15) is 44.5 Å². The zero-order valence-electron chi connectivity index (χ0n) is 14.4. The second-order valence-corrected chi connectivity index (χ2v) is 6.26. The second-order valence-electron chi connectivity index (χ2n) is 6.26. The van der Waals surface area contributed by atoms with E-state index < -0.39 is 6.55 Å². The molecule has 0 amide bonds. The molecule has 1 heterocycles. The van der Waals surface area contributed by atoms with Crippen molar-refractivity contribution in [2.24, 2.45) is 10.4 Å². The SMILES string of the molecule is CN=C(NCc1nccn1C(F)F)NCC1(CCOC)CCCC1. The third-order valence-corrected chi connectivity index (χ3v) is 4.73. The summed E-state index contributed by atoms with van der Waals surface area (Å²) in [5.41, 5.74) is 0.231. The molecule has 1 aromatic rings. The standard InChI is InChI=1S/C16H27F2N5O/c1-19-15(21-11-13-20-8-9-23(13)14(17)18)22-12-16(7-10-24-2)5-3-4-6-16/h8-9,14H,3-7,10-12H2,1-2H3,(H2,19,21,22). The van der Waals surface area contributed by atoms with Crippen LogP contribution in [0.2, 0.25) is 0 Å². The molecule has 0 atom stereocenters. The summed E-state index contributed by atoms with van der Waals surface area (Å²) in [5, 5.41) is 6.39. The Balaban J connectivity index is 1.86. The average Bonchev–Trinajstić information content (AvgIpc) is 3.23. The van der Waals surface area contributed by atoms with E-state index in [1.807, 2.05) is 0 Å². The van der Waals surface area contributed by atoms with E-state index in [0.717, 1.165) is 24.1 Å². The number of ether oxygens (including phenoxy) is 1. The second kappa shape index (κ2) is 8.96. The molecule has 0 aliphatic heterocycles. The molecule has 1 aromatic heterocycles. The van der Waals surface area contributed by atoms with Gasteiger partial charge >= 0.3 is 6.55 Å². The van der Waals surface area contributed by atoms with Crippen molar-refractivity contribution in [3.63, 3.8) is 0 Å². The van der Waals surface area contributed by atoms with Crippen LogP contribution in [0.3, 0.4) is 0 Å². The van der Waals surface area contributed by atoms with Gasteiger partial charge in [-0.3, -0.25) is 9.56 Å². The lowest BCUT2D eigenvalue weighted by Crippen LogP contribution is -2.43. The molecular weight excluding hydrogens is 316 g/mol. The van der Waals surface area contributed by atoms with E-state index in [2.05, 4.69) is 20.6 Å². The smallest absolute Gasteiger partial charge is 0.319 e. The fourth-order valence-electron chi connectivity index (χ4n) is 3.27. The average molecular weight is 343 g/mol. The van der Waals surface area contributed by atoms with E-state index in [1.165, 1.54) is 38.1 Å². The number of aliphatic imine (C=N–C) groups is 1. The Kier molecular flexibility index (Phi) is 6.96. The number of aromatic nitrogens is 2. The summed E-state index contributed by atoms with van der Waals surface area (Å²) < 4.78 is 31.7. The van der Waals surface area contributed by atoms with E-state index in [9.17, 15) is 8.78 Å². The van der Waals surface area contributed by atoms with Crippen molar-refractivity contribution in [3.8, 4) is 0 Å². The Morgan fingerprint density at radius 3 is 2.79 bits per heavy atom. The molecule has 1 aliphatic carbocycles. The van der Waals surface area contributed by atoms with Crippen LogP contribution in [0.15, 0.2) is 17.4 Å². The van der Waals surface area contributed by atoms with Crippen LogP contribution in [-0.4, -0.2) is 42.8 Å². The Morgan fingerprint density at radius 1 is 1.42 bits per heavy atom. The molecule has 1 fully saturated rings. The summed E-state index contributed by atoms with van der Waals surface area (Å²) >= 11 is 0. The van der Waals surface area contributed by atoms with Crippen molar-refractivity contribution in [1.29, 1.82) is 0 Å². The molecule has 24 heavy (non-hydrogen) atoms. The number of rotatable bonds is 8. The number of methoxy groups -OCH3 is 1. The first-order chi connectivity index (χ1) is 11.6. The van der Waals surface area contributed by atoms with Crippen molar-refractivity contribution < 1.29 is 13.5 Å². The molecule has 1 saturated carbocycles. The highest BCUT2D eigenvalue weighted by molar-refractivity contribution is 5.79. The van der Waals surface area contributed by atoms with Gasteiger partial charge in [0.1, 0.15) is 5.82 Å². The number of halogens is 2. The predicted octanol–water partition coefficient (Wildman–Crippen LogP) is 2.54. The van der Waals surface area contributed by atoms with E-state index in [1.54, 1.807) is 14.2 Å². The minimum Gasteiger partial charge on any atom is -0.385 e. The molecule has 2 rings (SSSR count). The maximum absolute atomic E-state index is 12.8. The van der Waals surface area contributed by atoms with Crippen LogP contribution in [0.25, 0.3) is 0 Å². The quantitative estimate of drug-likeness (QED) is 0.562. The fraction of sp³-hybridized carbons (Fsp3) is 0.750. The summed E-state index contributed by atoms with van der Waals surface area (Å²) in [6, 6.07) is 0. The Morgan fingerprint density at radius 2 is 2.17 bits per heavy atom. The fourth-order valence-corrected chi connectivity index (χ4v) is 3.27. The van der Waals surface area contributed by atoms with Crippen LogP contribution >= 0.6 is 0 Å². The largest absolute Gasteiger partial charge is 0.385 e. The number of nitrogens with one attached hydrogen (secondary N) is 2. The first-order valence-corrected chi connectivity index (χ1v) is 8.33. The van der Waals surface area contributed by atoms with E-state index >= 15 is 0 Å². The van der Waals surface area contributed by atoms with E-state index in [4.69, 9.17) is 4.74 Å². The van der Waals surface area contributed by atoms with Crippen LogP contribution in [0, 0.1) is 5.41 Å². The first kappa shape index (κ1) is 18.6. The van der Waals surface area contributed by atoms with Gasteiger partial charge in [-0.15, -0.1) is 0 Å². The third kappa shape index (κ3) is 4.90. The van der Waals surface area contributed by atoms with Gasteiger partial charge in [0, 0.05) is 39.7 Å². The Labute approximate surface area is 141 Å². The normalized spacial score (nSPS) is 17.5. The highest BCUT2D eigenvalue weighted by Crippen LogP contribution is 2.40. The lowest BCUT2D eigenvalue weighted by atomic mass is 9.83. The van der Waals surface area contributed by atoms with E-state index in [0.29, 0.717) is 5.96 Å². The van der Waals surface area contributed by atoms with Gasteiger partial charge in [0.25, 0.3) is 0 Å². The molecule has 1 aliphatic rings. The van der Waals surface area contributed by atoms with Crippen molar-refractivity contribution in [3.05, 3.63) is 18.2 Å². The summed E-state index contributed by atoms with van der Waals surface area (Å²) in [5.74, 6) is 0.880. The van der Waals surface area contributed by atoms with Gasteiger partial charge < -0.3 is 15.4 Å². The van der Waals surface area contributed by atoms with Gasteiger partial charge in [-0.05, 0) is 24.7 Å². The molecule has 0 spiro atoms. The van der Waals surface area contributed by atoms with E-state index in [-0.39, 0.29) is 17.8 Å². The lowest BCUT2D eigenvalue weighted by Gasteiger charge is -2.29. The molecule has 0 aromatic carbocycles. The Hall–Kier alpha value is -1.70. The minimum atomic E-state index is -2.59. The number of hydrogen-bond acceptors (Lipinski definition) is 3. The molecule has 136 valence electrons. The summed E-state index contributed by atoms with van der Waals surface area (Å²) in [7, 11) is 3.40. The number of imidazole rings is 1. The van der Waals surface area contributed by atoms with Crippen molar-refractivity contribution >= 4 is 5.96 Å². The van der Waals surface area contributed by atoms with Gasteiger partial charge in [0.15, 0.2) is 5.96 Å². The molecule has 2 N–H and O–H groups in total. The Bertz CT molecular complexity index is 526. The molecule has 0 saturated heterocycles. The molecule has 8 heteroatoms. The zero-order valence-corrected chi connectivity index (χ0v) is 14.4. The van der Waals surface area contributed by atoms with Crippen molar-refractivity contribution in [1.82, 2.24) is 20.2 Å². The molecule has 0 radical (unpaired) electrons. The molecule has 0 unspecified atom stereocenters. The predicted molar refractivity (Wildman–Crippen MR) is 89.1 cm³/mol. The third-order valence-electron chi connectivity index (χ3n) is 4.73. The maximum Gasteiger partial charge on any atom is 0.319 e. The number of nitrogens with zero attached hydrogens (tertiary/aromatic N) is 3. The summed E-state index contributed by atoms with van der Waals surface area (Å²) in [4.78, 5) is 8.13. The number of hydrogen-bond donors (Lipinski definition) is 2. The van der Waals surface area contributed by atoms with Gasteiger partial charge in [0.2, 0.25) is 0 Å². The zero-order chi connectivity index (χ0) is 17.4. The van der Waals surface area contributed by atoms with Crippen LogP contribution in [0.4, 0.5) is 8.78 Å². The highest BCUT2D eigenvalue weighted by Gasteiger charge is 2.33. The summed E-state index contributed by atoms with van der Waals surface area (Å²) in [6.07, 6.45) is 8.50. The minimum absolute atomic E-state index is 0.197. The van der Waals surface area contributed by atoms with Gasteiger partial charge in [-0.2, -0.15) is 8.78 Å². The van der Waals surface area contributed by atoms with Crippen molar-refractivity contribution in [2.75, 3.05) is 27.3 Å².